The van der Waals surface area contributed by atoms with Crippen LogP contribution in [0.15, 0.2) is 24.3 Å². The molecule has 2 fully saturated rings. The molecule has 1 aromatic carbocycles. The van der Waals surface area contributed by atoms with Gasteiger partial charge in [0, 0.05) is 24.4 Å². The molecule has 0 N–H and O–H groups in total. The molecule has 0 saturated carbocycles. The summed E-state index contributed by atoms with van der Waals surface area (Å²) in [7, 11) is 1.62. The highest BCUT2D eigenvalue weighted by Gasteiger charge is 2.52. The van der Waals surface area contributed by atoms with Gasteiger partial charge in [-0.3, -0.25) is 9.59 Å². The number of hydrogen-bond acceptors (Lipinski definition) is 4. The van der Waals surface area contributed by atoms with Crippen LogP contribution in [0.3, 0.4) is 0 Å². The fourth-order valence-corrected chi connectivity index (χ4v) is 4.19. The van der Waals surface area contributed by atoms with Gasteiger partial charge in [0.1, 0.15) is 16.9 Å². The lowest BCUT2D eigenvalue weighted by Crippen LogP contribution is -2.40. The van der Waals surface area contributed by atoms with E-state index in [2.05, 4.69) is 0 Å². The molecule has 1 amide bonds. The Balaban J connectivity index is 1.86. The van der Waals surface area contributed by atoms with Crippen LogP contribution in [0.5, 0.6) is 5.75 Å². The van der Waals surface area contributed by atoms with E-state index in [0.29, 0.717) is 25.8 Å². The molecule has 2 aliphatic heterocycles. The maximum absolute atomic E-state index is 12.9. The second-order valence-corrected chi connectivity index (χ2v) is 6.75. The van der Waals surface area contributed by atoms with E-state index in [4.69, 9.17) is 4.74 Å². The molecule has 1 spiro atoms. The third kappa shape index (κ3) is 2.44. The minimum Gasteiger partial charge on any atom is -0.497 e. The first kappa shape index (κ1) is 14.4. The topological polar surface area (TPSA) is 46.6 Å². The van der Waals surface area contributed by atoms with E-state index >= 15 is 0 Å². The van der Waals surface area contributed by atoms with Crippen LogP contribution in [-0.4, -0.2) is 36.9 Å². The Bertz CT molecular complexity index is 557. The Kier molecular flexibility index (Phi) is 3.93. The zero-order valence-electron chi connectivity index (χ0n) is 12.1. The molecule has 5 heteroatoms. The zero-order valence-corrected chi connectivity index (χ0v) is 12.9. The second kappa shape index (κ2) is 5.72. The first-order chi connectivity index (χ1) is 10.2. The van der Waals surface area contributed by atoms with E-state index in [1.54, 1.807) is 23.8 Å². The summed E-state index contributed by atoms with van der Waals surface area (Å²) in [5.41, 5.74) is 0.0889. The van der Waals surface area contributed by atoms with E-state index in [-0.39, 0.29) is 11.7 Å². The van der Waals surface area contributed by atoms with Crippen molar-refractivity contribution in [3.8, 4) is 5.75 Å². The lowest BCUT2D eigenvalue weighted by molar-refractivity contribution is -0.138. The summed E-state index contributed by atoms with van der Waals surface area (Å²) in [6.45, 7) is 0.627. The van der Waals surface area contributed by atoms with Crippen LogP contribution in [0, 0.1) is 5.41 Å². The summed E-state index contributed by atoms with van der Waals surface area (Å²) in [6, 6.07) is 7.45. The van der Waals surface area contributed by atoms with E-state index in [1.165, 1.54) is 0 Å². The third-order valence-corrected chi connectivity index (χ3v) is 5.47. The predicted molar refractivity (Wildman–Crippen MR) is 84.0 cm³/mol. The molecule has 0 aromatic heterocycles. The Morgan fingerprint density at radius 3 is 2.62 bits per heavy atom. The van der Waals surface area contributed by atoms with E-state index in [9.17, 15) is 9.59 Å². The summed E-state index contributed by atoms with van der Waals surface area (Å²) >= 11 is 1.78. The van der Waals surface area contributed by atoms with Gasteiger partial charge >= 0.3 is 0 Å². The number of Topliss-reactive ketones (excluding diaryl/α,β-unsaturated/α-hetero) is 1. The number of amides is 1. The van der Waals surface area contributed by atoms with Crippen LogP contribution in [0.1, 0.15) is 19.3 Å². The van der Waals surface area contributed by atoms with Crippen molar-refractivity contribution < 1.29 is 14.3 Å². The van der Waals surface area contributed by atoms with Crippen molar-refractivity contribution in [2.75, 3.05) is 30.1 Å². The van der Waals surface area contributed by atoms with Crippen molar-refractivity contribution >= 4 is 29.1 Å². The molecule has 0 bridgehead atoms. The highest BCUT2D eigenvalue weighted by atomic mass is 32.2. The van der Waals surface area contributed by atoms with Crippen LogP contribution in [0.2, 0.25) is 0 Å². The predicted octanol–water partition coefficient (Wildman–Crippen LogP) is 2.51. The number of hydrogen-bond donors (Lipinski definition) is 0. The number of ketones is 1. The van der Waals surface area contributed by atoms with Gasteiger partial charge in [0.05, 0.1) is 7.11 Å². The van der Waals surface area contributed by atoms with Crippen molar-refractivity contribution in [1.29, 1.82) is 0 Å². The minimum atomic E-state index is -0.760. The fraction of sp³-hybridized carbons (Fsp3) is 0.500. The SMILES string of the molecule is COc1ccc(N2CCC3(CCSCCC3=O)C2=O)cc1. The average Bonchev–Trinajstić information content (AvgIpc) is 2.72. The molecule has 0 aliphatic carbocycles. The number of nitrogens with zero attached hydrogens (tertiary/aromatic N) is 1. The van der Waals surface area contributed by atoms with Crippen molar-refractivity contribution in [2.45, 2.75) is 19.3 Å². The largest absolute Gasteiger partial charge is 0.497 e. The van der Waals surface area contributed by atoms with Gasteiger partial charge in [-0.15, -0.1) is 0 Å². The highest BCUT2D eigenvalue weighted by Crippen LogP contribution is 2.42. The number of benzene rings is 1. The summed E-state index contributed by atoms with van der Waals surface area (Å²) in [4.78, 5) is 27.1. The molecule has 1 unspecified atom stereocenters. The van der Waals surface area contributed by atoms with Crippen molar-refractivity contribution in [2.24, 2.45) is 5.41 Å². The fourth-order valence-electron chi connectivity index (χ4n) is 3.16. The maximum Gasteiger partial charge on any atom is 0.240 e. The standard InChI is InChI=1S/C16H19NO3S/c1-20-13-4-2-12(3-5-13)17-9-7-16(15(17)19)8-11-21-10-6-14(16)18/h2-5H,6-11H2,1H3. The number of ether oxygens (including phenoxy) is 1. The second-order valence-electron chi connectivity index (χ2n) is 5.52. The molecular formula is C16H19NO3S. The van der Waals surface area contributed by atoms with E-state index < -0.39 is 5.41 Å². The molecule has 2 aliphatic rings. The molecule has 4 nitrogen and oxygen atoms in total. The summed E-state index contributed by atoms with van der Waals surface area (Å²) in [6.07, 6.45) is 1.85. The van der Waals surface area contributed by atoms with Crippen LogP contribution in [0.4, 0.5) is 5.69 Å². The average molecular weight is 305 g/mol. The van der Waals surface area contributed by atoms with Crippen LogP contribution >= 0.6 is 11.8 Å². The molecule has 1 atom stereocenters. The molecule has 2 heterocycles. The van der Waals surface area contributed by atoms with Gasteiger partial charge in [0.25, 0.3) is 0 Å². The number of anilines is 1. The van der Waals surface area contributed by atoms with Gasteiger partial charge in [-0.1, -0.05) is 0 Å². The van der Waals surface area contributed by atoms with Gasteiger partial charge in [0.2, 0.25) is 5.91 Å². The van der Waals surface area contributed by atoms with Gasteiger partial charge in [-0.25, -0.2) is 0 Å². The van der Waals surface area contributed by atoms with E-state index in [1.807, 2.05) is 24.3 Å². The molecule has 0 radical (unpaired) electrons. The minimum absolute atomic E-state index is 0.0137. The van der Waals surface area contributed by atoms with Gasteiger partial charge < -0.3 is 9.64 Å². The third-order valence-electron chi connectivity index (χ3n) is 4.48. The Morgan fingerprint density at radius 2 is 1.90 bits per heavy atom. The number of carbonyl (C=O) groups excluding carboxylic acids is 2. The molecular weight excluding hydrogens is 286 g/mol. The zero-order chi connectivity index (χ0) is 14.9. The quantitative estimate of drug-likeness (QED) is 0.788. The molecule has 1 aromatic rings. The summed E-state index contributed by atoms with van der Waals surface area (Å²) < 4.78 is 5.14. The molecule has 3 rings (SSSR count). The Morgan fingerprint density at radius 1 is 1.14 bits per heavy atom. The number of methoxy groups -OCH3 is 1. The van der Waals surface area contributed by atoms with Gasteiger partial charge in [0.15, 0.2) is 0 Å². The van der Waals surface area contributed by atoms with Crippen LogP contribution < -0.4 is 9.64 Å². The molecule has 21 heavy (non-hydrogen) atoms. The Hall–Kier alpha value is -1.49. The van der Waals surface area contributed by atoms with Gasteiger partial charge in [-0.05, 0) is 42.9 Å². The van der Waals surface area contributed by atoms with Gasteiger partial charge in [-0.2, -0.15) is 11.8 Å². The smallest absolute Gasteiger partial charge is 0.240 e. The first-order valence-corrected chi connectivity index (χ1v) is 8.40. The number of rotatable bonds is 2. The lowest BCUT2D eigenvalue weighted by atomic mass is 9.78. The molecule has 2 saturated heterocycles. The summed E-state index contributed by atoms with van der Waals surface area (Å²) in [5.74, 6) is 2.63. The highest BCUT2D eigenvalue weighted by molar-refractivity contribution is 7.99. The maximum atomic E-state index is 12.9. The lowest BCUT2D eigenvalue weighted by Gasteiger charge is -2.24. The monoisotopic (exact) mass is 305 g/mol. The van der Waals surface area contributed by atoms with Crippen molar-refractivity contribution in [3.63, 3.8) is 0 Å². The number of thioether (sulfide) groups is 1. The van der Waals surface area contributed by atoms with Crippen LogP contribution in [-0.2, 0) is 9.59 Å². The molecule has 112 valence electrons. The summed E-state index contributed by atoms with van der Waals surface area (Å²) in [5, 5.41) is 0. The van der Waals surface area contributed by atoms with Crippen molar-refractivity contribution in [3.05, 3.63) is 24.3 Å². The van der Waals surface area contributed by atoms with Crippen LogP contribution in [0.25, 0.3) is 0 Å². The Labute approximate surface area is 128 Å². The van der Waals surface area contributed by atoms with Crippen molar-refractivity contribution in [1.82, 2.24) is 0 Å². The normalized spacial score (nSPS) is 26.2. The first-order valence-electron chi connectivity index (χ1n) is 7.24. The van der Waals surface area contributed by atoms with E-state index in [0.717, 1.165) is 22.9 Å². The number of carbonyl (C=O) groups is 2.